The molecule has 0 atom stereocenters. The highest BCUT2D eigenvalue weighted by Crippen LogP contribution is 2.39. The summed E-state index contributed by atoms with van der Waals surface area (Å²) in [5.41, 5.74) is 19.8. The lowest BCUT2D eigenvalue weighted by Gasteiger charge is -2.25. The molecule has 7 aromatic rings. The van der Waals surface area contributed by atoms with Gasteiger partial charge in [-0.15, -0.1) is 0 Å². The van der Waals surface area contributed by atoms with Crippen LogP contribution in [0.4, 0.5) is 22.7 Å². The number of hydrogen-bond donors (Lipinski definition) is 1. The minimum Gasteiger partial charge on any atom is -0.398 e. The zero-order valence-corrected chi connectivity index (χ0v) is 26.7. The molecule has 0 amide bonds. The van der Waals surface area contributed by atoms with Gasteiger partial charge >= 0.3 is 0 Å². The Labute approximate surface area is 283 Å². The van der Waals surface area contributed by atoms with E-state index in [1.807, 2.05) is 24.3 Å². The first-order chi connectivity index (χ1) is 23.7. The molecule has 0 aromatic heterocycles. The van der Waals surface area contributed by atoms with Crippen molar-refractivity contribution >= 4 is 34.4 Å². The first kappa shape index (κ1) is 30.3. The molecule has 0 fully saturated rings. The fourth-order valence-electron chi connectivity index (χ4n) is 6.14. The van der Waals surface area contributed by atoms with Gasteiger partial charge in [0.1, 0.15) is 0 Å². The molecule has 0 aliphatic heterocycles. The summed E-state index contributed by atoms with van der Waals surface area (Å²) in [6.07, 6.45) is 6.47. The second kappa shape index (κ2) is 14.4. The van der Waals surface area contributed by atoms with E-state index in [9.17, 15) is 0 Å². The zero-order valence-electron chi connectivity index (χ0n) is 26.7. The molecule has 230 valence electrons. The van der Waals surface area contributed by atoms with Crippen LogP contribution in [0.25, 0.3) is 33.9 Å². The second-order valence-electron chi connectivity index (χ2n) is 11.6. The van der Waals surface area contributed by atoms with E-state index in [-0.39, 0.29) is 0 Å². The molecule has 0 aliphatic rings. The molecule has 7 aromatic carbocycles. The molecule has 0 bridgehead atoms. The Balaban J connectivity index is 1.17. The maximum atomic E-state index is 6.66. The molecule has 0 radical (unpaired) electrons. The normalized spacial score (nSPS) is 10.9. The van der Waals surface area contributed by atoms with Gasteiger partial charge < -0.3 is 10.6 Å². The van der Waals surface area contributed by atoms with Gasteiger partial charge in [-0.25, -0.2) is 0 Å². The van der Waals surface area contributed by atoms with Crippen LogP contribution in [0.3, 0.4) is 0 Å². The monoisotopic (exact) mass is 616 g/mol. The molecule has 0 heterocycles. The smallest absolute Gasteiger partial charge is 0.0462 e. The first-order valence-electron chi connectivity index (χ1n) is 16.2. The number of rotatable bonds is 9. The molecule has 0 saturated carbocycles. The quantitative estimate of drug-likeness (QED) is 0.129. The van der Waals surface area contributed by atoms with Crippen molar-refractivity contribution in [2.24, 2.45) is 0 Å². The number of allylic oxidation sites excluding steroid dienone is 2. The maximum absolute atomic E-state index is 6.66. The standard InChI is InChI=1S/C46H36N2/c47-45-26-14-25-44(46(45)39-31-33-42(34-32-39)48(40-20-9-3-10-21-40)41-22-11-4-12-23-41)38-29-27-35(28-30-38)15-13-24-43(36-16-5-1-6-17-36)37-18-7-2-8-19-37/h1-34H,47H2. The van der Waals surface area contributed by atoms with Gasteiger partial charge in [0.05, 0.1) is 0 Å². The van der Waals surface area contributed by atoms with Gasteiger partial charge in [0.2, 0.25) is 0 Å². The van der Waals surface area contributed by atoms with E-state index >= 15 is 0 Å². The third-order valence-electron chi connectivity index (χ3n) is 8.48. The number of nitrogens with two attached hydrogens (primary N) is 1. The van der Waals surface area contributed by atoms with Crippen LogP contribution >= 0.6 is 0 Å². The largest absolute Gasteiger partial charge is 0.398 e. The molecule has 0 unspecified atom stereocenters. The lowest BCUT2D eigenvalue weighted by molar-refractivity contribution is 1.28. The van der Waals surface area contributed by atoms with E-state index in [1.54, 1.807) is 0 Å². The topological polar surface area (TPSA) is 29.3 Å². The third kappa shape index (κ3) is 6.74. The van der Waals surface area contributed by atoms with E-state index in [1.165, 1.54) is 16.7 Å². The van der Waals surface area contributed by atoms with Crippen LogP contribution in [-0.2, 0) is 0 Å². The minimum atomic E-state index is 0.756. The molecule has 0 spiro atoms. The minimum absolute atomic E-state index is 0.756. The summed E-state index contributed by atoms with van der Waals surface area (Å²) < 4.78 is 0. The average Bonchev–Trinajstić information content (AvgIpc) is 3.16. The number of nitrogens with zero attached hydrogens (tertiary/aromatic N) is 1. The molecule has 2 heteroatoms. The molecular formula is C46H36N2. The zero-order chi connectivity index (χ0) is 32.5. The Hall–Kier alpha value is -6.38. The number of benzene rings is 7. The van der Waals surface area contributed by atoms with Crippen molar-refractivity contribution in [2.75, 3.05) is 10.6 Å². The van der Waals surface area contributed by atoms with Gasteiger partial charge in [-0.1, -0.05) is 164 Å². The van der Waals surface area contributed by atoms with Crippen LogP contribution in [0.5, 0.6) is 0 Å². The average molecular weight is 617 g/mol. The van der Waals surface area contributed by atoms with E-state index < -0.39 is 0 Å². The van der Waals surface area contributed by atoms with E-state index in [0.29, 0.717) is 0 Å². The van der Waals surface area contributed by atoms with Gasteiger partial charge in [-0.05, 0) is 81.4 Å². The Morgan fingerprint density at radius 3 is 1.46 bits per heavy atom. The second-order valence-corrected chi connectivity index (χ2v) is 11.6. The lowest BCUT2D eigenvalue weighted by atomic mass is 9.92. The first-order valence-corrected chi connectivity index (χ1v) is 16.2. The summed E-state index contributed by atoms with van der Waals surface area (Å²) in [5.74, 6) is 0. The fraction of sp³-hybridized carbons (Fsp3) is 0. The molecule has 2 nitrogen and oxygen atoms in total. The number of hydrogen-bond acceptors (Lipinski definition) is 2. The predicted octanol–water partition coefficient (Wildman–Crippen LogP) is 12.2. The van der Waals surface area contributed by atoms with Crippen molar-refractivity contribution in [3.8, 4) is 22.3 Å². The SMILES string of the molecule is Nc1cccc(-c2ccc(C=CC=C(c3ccccc3)c3ccccc3)cc2)c1-c1ccc(N(c2ccccc2)c2ccccc2)cc1. The Kier molecular flexibility index (Phi) is 9.06. The molecule has 48 heavy (non-hydrogen) atoms. The molecule has 0 saturated heterocycles. The summed E-state index contributed by atoms with van der Waals surface area (Å²) in [7, 11) is 0. The lowest BCUT2D eigenvalue weighted by Crippen LogP contribution is -2.09. The summed E-state index contributed by atoms with van der Waals surface area (Å²) in [6, 6.07) is 65.5. The maximum Gasteiger partial charge on any atom is 0.0462 e. The van der Waals surface area contributed by atoms with Gasteiger partial charge in [0.25, 0.3) is 0 Å². The molecular weight excluding hydrogens is 581 g/mol. The van der Waals surface area contributed by atoms with Gasteiger partial charge in [-0.2, -0.15) is 0 Å². The summed E-state index contributed by atoms with van der Waals surface area (Å²) in [4.78, 5) is 2.27. The van der Waals surface area contributed by atoms with Gasteiger partial charge in [0, 0.05) is 28.3 Å². The van der Waals surface area contributed by atoms with Crippen LogP contribution in [-0.4, -0.2) is 0 Å². The van der Waals surface area contributed by atoms with Crippen molar-refractivity contribution in [3.63, 3.8) is 0 Å². The highest BCUT2D eigenvalue weighted by atomic mass is 15.1. The van der Waals surface area contributed by atoms with Crippen molar-refractivity contribution in [1.82, 2.24) is 0 Å². The van der Waals surface area contributed by atoms with E-state index in [2.05, 4.69) is 187 Å². The molecule has 2 N–H and O–H groups in total. The Morgan fingerprint density at radius 1 is 0.438 bits per heavy atom. The van der Waals surface area contributed by atoms with Crippen LogP contribution in [0.15, 0.2) is 200 Å². The Morgan fingerprint density at radius 2 is 0.917 bits per heavy atom. The number of nitrogen functional groups attached to an aromatic ring is 1. The predicted molar refractivity (Wildman–Crippen MR) is 205 cm³/mol. The van der Waals surface area contributed by atoms with E-state index in [0.717, 1.165) is 50.6 Å². The Bertz CT molecular complexity index is 2050. The van der Waals surface area contributed by atoms with Crippen LogP contribution in [0, 0.1) is 0 Å². The van der Waals surface area contributed by atoms with Crippen molar-refractivity contribution < 1.29 is 0 Å². The van der Waals surface area contributed by atoms with E-state index in [4.69, 9.17) is 5.73 Å². The summed E-state index contributed by atoms with van der Waals surface area (Å²) in [5, 5.41) is 0. The molecule has 7 rings (SSSR count). The number of para-hydroxylation sites is 2. The van der Waals surface area contributed by atoms with Crippen molar-refractivity contribution in [2.45, 2.75) is 0 Å². The van der Waals surface area contributed by atoms with Crippen LogP contribution in [0.1, 0.15) is 16.7 Å². The summed E-state index contributed by atoms with van der Waals surface area (Å²) in [6.45, 7) is 0. The molecule has 0 aliphatic carbocycles. The van der Waals surface area contributed by atoms with Crippen molar-refractivity contribution in [1.29, 1.82) is 0 Å². The van der Waals surface area contributed by atoms with Gasteiger partial charge in [-0.3, -0.25) is 0 Å². The van der Waals surface area contributed by atoms with Crippen molar-refractivity contribution in [3.05, 3.63) is 217 Å². The third-order valence-corrected chi connectivity index (χ3v) is 8.48. The number of anilines is 4. The van der Waals surface area contributed by atoms with Crippen LogP contribution in [0.2, 0.25) is 0 Å². The highest BCUT2D eigenvalue weighted by molar-refractivity contribution is 5.92. The van der Waals surface area contributed by atoms with Crippen LogP contribution < -0.4 is 10.6 Å². The fourth-order valence-corrected chi connectivity index (χ4v) is 6.14. The summed E-state index contributed by atoms with van der Waals surface area (Å²) >= 11 is 0. The highest BCUT2D eigenvalue weighted by Gasteiger charge is 2.15. The van der Waals surface area contributed by atoms with Gasteiger partial charge in [0.15, 0.2) is 0 Å².